The fraction of sp³-hybridized carbons (Fsp3) is 0.545. The summed E-state index contributed by atoms with van der Waals surface area (Å²) in [5.41, 5.74) is 1.00. The number of thioether (sulfide) groups is 1. The minimum Gasteiger partial charge on any atom is -0.479 e. The van der Waals surface area contributed by atoms with Gasteiger partial charge in [0.2, 0.25) is 5.88 Å². The second kappa shape index (κ2) is 5.17. The van der Waals surface area contributed by atoms with E-state index in [-0.39, 0.29) is 6.61 Å². The monoisotopic (exact) mass is 298 g/mol. The van der Waals surface area contributed by atoms with Crippen LogP contribution in [0.15, 0.2) is 12.7 Å². The summed E-state index contributed by atoms with van der Waals surface area (Å²) >= 11 is 1.28. The maximum absolute atomic E-state index is 10.1. The van der Waals surface area contributed by atoms with E-state index >= 15 is 0 Å². The molecule has 0 aliphatic carbocycles. The van der Waals surface area contributed by atoms with Crippen LogP contribution >= 0.6 is 11.8 Å². The maximum Gasteiger partial charge on any atom is 0.245 e. The van der Waals surface area contributed by atoms with Gasteiger partial charge in [0.05, 0.1) is 31.4 Å². The van der Waals surface area contributed by atoms with Crippen LogP contribution in [0, 0.1) is 0 Å². The molecule has 108 valence electrons. The van der Waals surface area contributed by atoms with Crippen molar-refractivity contribution in [1.29, 1.82) is 0 Å². The molecule has 4 atom stereocenters. The summed E-state index contributed by atoms with van der Waals surface area (Å²) in [6.07, 6.45) is 0.882. The van der Waals surface area contributed by atoms with Gasteiger partial charge in [0, 0.05) is 0 Å². The molecule has 2 aromatic heterocycles. The summed E-state index contributed by atoms with van der Waals surface area (Å²) in [6, 6.07) is 0. The number of nitrogens with zero attached hydrogens (tertiary/aromatic N) is 4. The number of imidazole rings is 1. The highest BCUT2D eigenvalue weighted by atomic mass is 32.2. The highest BCUT2D eigenvalue weighted by Gasteiger charge is 2.43. The molecular formula is C11H14N4O4S. The van der Waals surface area contributed by atoms with Gasteiger partial charge in [0.1, 0.15) is 17.8 Å². The predicted octanol–water partition coefficient (Wildman–Crippen LogP) is -0.837. The Morgan fingerprint density at radius 2 is 2.10 bits per heavy atom. The molecule has 0 spiro atoms. The van der Waals surface area contributed by atoms with E-state index in [9.17, 15) is 15.3 Å². The fourth-order valence-electron chi connectivity index (χ4n) is 2.28. The Bertz CT molecular complexity index is 621. The van der Waals surface area contributed by atoms with Gasteiger partial charge in [0.15, 0.2) is 11.2 Å². The van der Waals surface area contributed by atoms with Crippen molar-refractivity contribution in [1.82, 2.24) is 19.5 Å². The Balaban J connectivity index is 2.03. The highest BCUT2D eigenvalue weighted by Crippen LogP contribution is 2.42. The number of aliphatic hydroxyl groups excluding tert-OH is 3. The van der Waals surface area contributed by atoms with Crippen molar-refractivity contribution in [3.8, 4) is 5.88 Å². The van der Waals surface area contributed by atoms with Gasteiger partial charge in [-0.05, 0) is 0 Å². The van der Waals surface area contributed by atoms with Gasteiger partial charge in [0.25, 0.3) is 0 Å². The number of rotatable bonds is 3. The van der Waals surface area contributed by atoms with Crippen LogP contribution in [-0.4, -0.2) is 66.0 Å². The quantitative estimate of drug-likeness (QED) is 0.672. The lowest BCUT2D eigenvalue weighted by Gasteiger charge is -2.16. The molecule has 0 amide bonds. The molecule has 1 saturated heterocycles. The van der Waals surface area contributed by atoms with Crippen molar-refractivity contribution in [3.63, 3.8) is 0 Å². The minimum absolute atomic E-state index is 0.204. The van der Waals surface area contributed by atoms with Gasteiger partial charge < -0.3 is 20.1 Å². The van der Waals surface area contributed by atoms with E-state index < -0.39 is 22.8 Å². The van der Waals surface area contributed by atoms with Crippen LogP contribution in [0.5, 0.6) is 5.88 Å². The van der Waals surface area contributed by atoms with Crippen LogP contribution in [0.1, 0.15) is 5.37 Å². The first kappa shape index (κ1) is 13.6. The molecule has 3 N–H and O–H groups in total. The molecule has 9 heteroatoms. The summed E-state index contributed by atoms with van der Waals surface area (Å²) < 4.78 is 6.77. The number of hydrogen-bond donors (Lipinski definition) is 3. The largest absolute Gasteiger partial charge is 0.479 e. The van der Waals surface area contributed by atoms with E-state index in [4.69, 9.17) is 4.74 Å². The predicted molar refractivity (Wildman–Crippen MR) is 71.4 cm³/mol. The Hall–Kier alpha value is -1.42. The van der Waals surface area contributed by atoms with Crippen LogP contribution < -0.4 is 4.74 Å². The lowest BCUT2D eigenvalue weighted by molar-refractivity contribution is 0.0113. The van der Waals surface area contributed by atoms with Gasteiger partial charge in [-0.2, -0.15) is 4.98 Å². The molecule has 0 aromatic carbocycles. The lowest BCUT2D eigenvalue weighted by atomic mass is 10.1. The topological polar surface area (TPSA) is 114 Å². The van der Waals surface area contributed by atoms with Crippen molar-refractivity contribution in [3.05, 3.63) is 12.7 Å². The standard InChI is InChI=1S/C11H14N4O4S/c1-19-10-6-9(12-3-13-10)15(4-14-6)11-8(18)7(17)5(2-16)20-11/h3-5,7-8,11,16-18H,2H2,1H3/t5-,7-,8+,11-/m1/s1. The van der Waals surface area contributed by atoms with Crippen molar-refractivity contribution in [2.45, 2.75) is 22.8 Å². The summed E-state index contributed by atoms with van der Waals surface area (Å²) in [7, 11) is 1.49. The first-order chi connectivity index (χ1) is 9.67. The molecule has 1 fully saturated rings. The van der Waals surface area contributed by atoms with E-state index in [1.54, 1.807) is 4.57 Å². The van der Waals surface area contributed by atoms with E-state index in [1.165, 1.54) is 31.5 Å². The van der Waals surface area contributed by atoms with E-state index in [2.05, 4.69) is 15.0 Å². The third-order valence-electron chi connectivity index (χ3n) is 3.31. The van der Waals surface area contributed by atoms with Crippen LogP contribution in [0.4, 0.5) is 0 Å². The zero-order valence-corrected chi connectivity index (χ0v) is 11.4. The van der Waals surface area contributed by atoms with Crippen molar-refractivity contribution < 1.29 is 20.1 Å². The SMILES string of the molecule is COc1ncnc2c1ncn2[C@@H]1S[C@H](CO)[C@@H](O)[C@@H]1O. The third-order valence-corrected chi connectivity index (χ3v) is 4.87. The molecule has 0 radical (unpaired) electrons. The zero-order valence-electron chi connectivity index (χ0n) is 10.6. The average Bonchev–Trinajstić information content (AvgIpc) is 3.01. The summed E-state index contributed by atoms with van der Waals surface area (Å²) in [4.78, 5) is 12.3. The van der Waals surface area contributed by atoms with Crippen LogP contribution in [0.3, 0.4) is 0 Å². The molecule has 0 unspecified atom stereocenters. The Labute approximate surface area is 118 Å². The number of aliphatic hydroxyl groups is 3. The van der Waals surface area contributed by atoms with Crippen LogP contribution in [0.2, 0.25) is 0 Å². The Kier molecular flexibility index (Phi) is 3.50. The molecule has 3 heterocycles. The summed E-state index contributed by atoms with van der Waals surface area (Å²) in [5, 5.41) is 28.3. The smallest absolute Gasteiger partial charge is 0.245 e. The average molecular weight is 298 g/mol. The van der Waals surface area contributed by atoms with Gasteiger partial charge in [-0.15, -0.1) is 11.8 Å². The van der Waals surface area contributed by atoms with Crippen molar-refractivity contribution in [2.75, 3.05) is 13.7 Å². The maximum atomic E-state index is 10.1. The number of aromatic nitrogens is 4. The number of fused-ring (bicyclic) bond motifs is 1. The molecule has 0 bridgehead atoms. The second-order valence-electron chi connectivity index (χ2n) is 4.44. The molecule has 2 aromatic rings. The van der Waals surface area contributed by atoms with E-state index in [1.807, 2.05) is 0 Å². The first-order valence-corrected chi connectivity index (χ1v) is 6.95. The molecule has 3 rings (SSSR count). The molecule has 0 saturated carbocycles. The van der Waals surface area contributed by atoms with Gasteiger partial charge in [-0.1, -0.05) is 0 Å². The lowest BCUT2D eigenvalue weighted by Crippen LogP contribution is -2.32. The van der Waals surface area contributed by atoms with E-state index in [0.717, 1.165) is 0 Å². The van der Waals surface area contributed by atoms with Gasteiger partial charge in [-0.25, -0.2) is 9.97 Å². The van der Waals surface area contributed by atoms with Gasteiger partial charge >= 0.3 is 0 Å². The Morgan fingerprint density at radius 3 is 2.75 bits per heavy atom. The van der Waals surface area contributed by atoms with Crippen LogP contribution in [0.25, 0.3) is 11.2 Å². The minimum atomic E-state index is -1.00. The molecular weight excluding hydrogens is 284 g/mol. The van der Waals surface area contributed by atoms with Crippen molar-refractivity contribution in [2.24, 2.45) is 0 Å². The number of ether oxygens (including phenoxy) is 1. The second-order valence-corrected chi connectivity index (χ2v) is 5.80. The van der Waals surface area contributed by atoms with E-state index in [0.29, 0.717) is 17.0 Å². The summed E-state index contributed by atoms with van der Waals surface area (Å²) in [5.74, 6) is 0.352. The Morgan fingerprint density at radius 1 is 1.30 bits per heavy atom. The van der Waals surface area contributed by atoms with Crippen molar-refractivity contribution >= 4 is 22.9 Å². The zero-order chi connectivity index (χ0) is 14.3. The van der Waals surface area contributed by atoms with Gasteiger partial charge in [-0.3, -0.25) is 4.57 Å². The third kappa shape index (κ3) is 1.94. The van der Waals surface area contributed by atoms with Crippen LogP contribution in [-0.2, 0) is 0 Å². The highest BCUT2D eigenvalue weighted by molar-refractivity contribution is 8.00. The molecule has 20 heavy (non-hydrogen) atoms. The molecule has 1 aliphatic rings. The fourth-order valence-corrected chi connectivity index (χ4v) is 3.65. The molecule has 1 aliphatic heterocycles. The summed E-state index contributed by atoms with van der Waals surface area (Å²) in [6.45, 7) is -0.204. The molecule has 8 nitrogen and oxygen atoms in total. The normalized spacial score (nSPS) is 30.0. The number of hydrogen-bond acceptors (Lipinski definition) is 8. The first-order valence-electron chi connectivity index (χ1n) is 6.01. The number of methoxy groups -OCH3 is 1.